The van der Waals surface area contributed by atoms with Gasteiger partial charge in [0.25, 0.3) is 0 Å². The lowest BCUT2D eigenvalue weighted by Gasteiger charge is -2.09. The first-order valence-corrected chi connectivity index (χ1v) is 7.90. The highest BCUT2D eigenvalue weighted by Gasteiger charge is 2.14. The third kappa shape index (κ3) is 2.27. The van der Waals surface area contributed by atoms with Gasteiger partial charge in [-0.3, -0.25) is 0 Å². The number of hydrogen-bond acceptors (Lipinski definition) is 3. The highest BCUT2D eigenvalue weighted by Crippen LogP contribution is 2.31. The van der Waals surface area contributed by atoms with Crippen molar-refractivity contribution in [1.29, 1.82) is 0 Å². The van der Waals surface area contributed by atoms with E-state index in [0.29, 0.717) is 5.13 Å². The van der Waals surface area contributed by atoms with Gasteiger partial charge in [-0.1, -0.05) is 15.9 Å². The molecular formula is C15H14BrN3S. The standard InChI is InChI=1S/C15H14BrN3S/c1-9-7-13(14-8-20-15(17)18-14)10(2)19(9)12-5-3-11(16)4-6-12/h3-8H,1-2H3,(H2,17,18). The van der Waals surface area contributed by atoms with Gasteiger partial charge in [0.1, 0.15) is 0 Å². The lowest BCUT2D eigenvalue weighted by Crippen LogP contribution is -1.98. The Morgan fingerprint density at radius 1 is 1.20 bits per heavy atom. The van der Waals surface area contributed by atoms with Gasteiger partial charge in [-0.2, -0.15) is 0 Å². The highest BCUT2D eigenvalue weighted by molar-refractivity contribution is 9.10. The summed E-state index contributed by atoms with van der Waals surface area (Å²) < 4.78 is 3.31. The summed E-state index contributed by atoms with van der Waals surface area (Å²) in [5.41, 5.74) is 11.3. The molecule has 3 nitrogen and oxygen atoms in total. The van der Waals surface area contributed by atoms with Crippen molar-refractivity contribution in [3.8, 4) is 16.9 Å². The van der Waals surface area contributed by atoms with E-state index in [0.717, 1.165) is 21.4 Å². The normalized spacial score (nSPS) is 10.9. The predicted octanol–water partition coefficient (Wildman–Crippen LogP) is 4.56. The zero-order chi connectivity index (χ0) is 14.3. The smallest absolute Gasteiger partial charge is 0.180 e. The quantitative estimate of drug-likeness (QED) is 0.738. The van der Waals surface area contributed by atoms with E-state index in [1.807, 2.05) is 5.38 Å². The topological polar surface area (TPSA) is 43.8 Å². The van der Waals surface area contributed by atoms with Crippen molar-refractivity contribution in [1.82, 2.24) is 9.55 Å². The van der Waals surface area contributed by atoms with Gasteiger partial charge in [0.2, 0.25) is 0 Å². The van der Waals surface area contributed by atoms with Crippen LogP contribution in [0.5, 0.6) is 0 Å². The van der Waals surface area contributed by atoms with Gasteiger partial charge in [-0.25, -0.2) is 4.98 Å². The number of halogens is 1. The van der Waals surface area contributed by atoms with E-state index in [1.54, 1.807) is 0 Å². The van der Waals surface area contributed by atoms with Gasteiger partial charge >= 0.3 is 0 Å². The molecule has 0 aliphatic rings. The third-order valence-corrected chi connectivity index (χ3v) is 4.52. The van der Waals surface area contributed by atoms with Gasteiger partial charge in [0.05, 0.1) is 5.69 Å². The van der Waals surface area contributed by atoms with Gasteiger partial charge in [-0.05, 0) is 44.2 Å². The molecule has 102 valence electrons. The number of anilines is 1. The molecule has 0 saturated carbocycles. The van der Waals surface area contributed by atoms with Crippen molar-refractivity contribution in [2.45, 2.75) is 13.8 Å². The molecule has 0 radical (unpaired) electrons. The summed E-state index contributed by atoms with van der Waals surface area (Å²) in [6.07, 6.45) is 0. The first kappa shape index (κ1) is 13.4. The van der Waals surface area contributed by atoms with Crippen LogP contribution < -0.4 is 5.73 Å². The summed E-state index contributed by atoms with van der Waals surface area (Å²) in [5, 5.41) is 2.61. The van der Waals surface area contributed by atoms with Crippen LogP contribution in [0.25, 0.3) is 16.9 Å². The van der Waals surface area contributed by atoms with E-state index in [-0.39, 0.29) is 0 Å². The molecular weight excluding hydrogens is 334 g/mol. The van der Waals surface area contributed by atoms with Gasteiger partial charge < -0.3 is 10.3 Å². The Morgan fingerprint density at radius 2 is 1.90 bits per heavy atom. The molecule has 3 rings (SSSR count). The molecule has 2 heterocycles. The summed E-state index contributed by atoms with van der Waals surface area (Å²) in [4.78, 5) is 4.38. The van der Waals surface area contributed by atoms with Crippen molar-refractivity contribution in [2.24, 2.45) is 0 Å². The molecule has 5 heteroatoms. The molecule has 0 spiro atoms. The number of aryl methyl sites for hydroxylation is 1. The van der Waals surface area contributed by atoms with Crippen molar-refractivity contribution in [3.05, 3.63) is 51.6 Å². The van der Waals surface area contributed by atoms with E-state index < -0.39 is 0 Å². The summed E-state index contributed by atoms with van der Waals surface area (Å²) in [7, 11) is 0. The molecule has 0 amide bonds. The number of nitrogen functional groups attached to an aromatic ring is 1. The molecule has 1 aromatic carbocycles. The second-order valence-corrected chi connectivity index (χ2v) is 6.47. The maximum Gasteiger partial charge on any atom is 0.180 e. The van der Waals surface area contributed by atoms with Crippen LogP contribution in [0.15, 0.2) is 40.2 Å². The van der Waals surface area contributed by atoms with E-state index >= 15 is 0 Å². The molecule has 2 aromatic heterocycles. The number of aromatic nitrogens is 2. The van der Waals surface area contributed by atoms with Crippen LogP contribution in [0.2, 0.25) is 0 Å². The predicted molar refractivity (Wildman–Crippen MR) is 88.5 cm³/mol. The van der Waals surface area contributed by atoms with E-state index in [1.165, 1.54) is 22.7 Å². The second-order valence-electron chi connectivity index (χ2n) is 4.67. The Balaban J connectivity index is 2.14. The fourth-order valence-electron chi connectivity index (χ4n) is 2.42. The molecule has 0 aliphatic heterocycles. The maximum absolute atomic E-state index is 5.73. The van der Waals surface area contributed by atoms with Crippen LogP contribution in [0.3, 0.4) is 0 Å². The summed E-state index contributed by atoms with van der Waals surface area (Å²) >= 11 is 4.94. The zero-order valence-electron chi connectivity index (χ0n) is 11.2. The minimum absolute atomic E-state index is 0.605. The molecule has 0 bridgehead atoms. The van der Waals surface area contributed by atoms with Gasteiger partial charge in [0, 0.05) is 32.5 Å². The molecule has 0 aliphatic carbocycles. The van der Waals surface area contributed by atoms with Crippen LogP contribution in [0.4, 0.5) is 5.13 Å². The van der Waals surface area contributed by atoms with Crippen molar-refractivity contribution >= 4 is 32.4 Å². The lowest BCUT2D eigenvalue weighted by atomic mass is 10.2. The van der Waals surface area contributed by atoms with E-state index in [2.05, 4.69) is 69.7 Å². The number of nitrogens with zero attached hydrogens (tertiary/aromatic N) is 2. The fraction of sp³-hybridized carbons (Fsp3) is 0.133. The Morgan fingerprint density at radius 3 is 2.50 bits per heavy atom. The SMILES string of the molecule is Cc1cc(-c2csc(N)n2)c(C)n1-c1ccc(Br)cc1. The third-order valence-electron chi connectivity index (χ3n) is 3.31. The Kier molecular flexibility index (Phi) is 3.40. The summed E-state index contributed by atoms with van der Waals surface area (Å²) in [5.74, 6) is 0. The molecule has 2 N–H and O–H groups in total. The molecule has 0 unspecified atom stereocenters. The van der Waals surface area contributed by atoms with Crippen molar-refractivity contribution < 1.29 is 0 Å². The number of rotatable bonds is 2. The Labute approximate surface area is 130 Å². The molecule has 0 fully saturated rings. The van der Waals surface area contributed by atoms with Crippen molar-refractivity contribution in [3.63, 3.8) is 0 Å². The molecule has 0 atom stereocenters. The first-order valence-electron chi connectivity index (χ1n) is 6.22. The van der Waals surface area contributed by atoms with Gasteiger partial charge in [0.15, 0.2) is 5.13 Å². The van der Waals surface area contributed by atoms with Crippen molar-refractivity contribution in [2.75, 3.05) is 5.73 Å². The number of benzene rings is 1. The average molecular weight is 348 g/mol. The van der Waals surface area contributed by atoms with Crippen LogP contribution in [0, 0.1) is 13.8 Å². The molecule has 20 heavy (non-hydrogen) atoms. The minimum atomic E-state index is 0.605. The van der Waals surface area contributed by atoms with Gasteiger partial charge in [-0.15, -0.1) is 11.3 Å². The average Bonchev–Trinajstić information content (AvgIpc) is 2.95. The largest absolute Gasteiger partial charge is 0.375 e. The Bertz CT molecular complexity index is 756. The highest BCUT2D eigenvalue weighted by atomic mass is 79.9. The summed E-state index contributed by atoms with van der Waals surface area (Å²) in [6.45, 7) is 4.22. The van der Waals surface area contributed by atoms with Crippen LogP contribution in [-0.4, -0.2) is 9.55 Å². The second kappa shape index (κ2) is 5.07. The van der Waals surface area contributed by atoms with Crippen LogP contribution >= 0.6 is 27.3 Å². The lowest BCUT2D eigenvalue weighted by molar-refractivity contribution is 0.966. The Hall–Kier alpha value is -1.59. The molecule has 3 aromatic rings. The number of hydrogen-bond donors (Lipinski definition) is 1. The first-order chi connectivity index (χ1) is 9.56. The number of thiazole rings is 1. The van der Waals surface area contributed by atoms with E-state index in [4.69, 9.17) is 5.73 Å². The van der Waals surface area contributed by atoms with E-state index in [9.17, 15) is 0 Å². The fourth-order valence-corrected chi connectivity index (χ4v) is 3.25. The zero-order valence-corrected chi connectivity index (χ0v) is 13.6. The monoisotopic (exact) mass is 347 g/mol. The molecule has 0 saturated heterocycles. The minimum Gasteiger partial charge on any atom is -0.375 e. The maximum atomic E-state index is 5.73. The number of nitrogens with two attached hydrogens (primary N) is 1. The van der Waals surface area contributed by atoms with Crippen LogP contribution in [-0.2, 0) is 0 Å². The summed E-state index contributed by atoms with van der Waals surface area (Å²) in [6, 6.07) is 10.5. The van der Waals surface area contributed by atoms with Crippen LogP contribution in [0.1, 0.15) is 11.4 Å².